The lowest BCUT2D eigenvalue weighted by Gasteiger charge is -2.20. The van der Waals surface area contributed by atoms with E-state index in [4.69, 9.17) is 4.74 Å². The molecule has 0 aliphatic heterocycles. The van der Waals surface area contributed by atoms with Crippen LogP contribution in [0.4, 0.5) is 0 Å². The molecule has 1 aromatic rings. The second-order valence-corrected chi connectivity index (χ2v) is 5.88. The van der Waals surface area contributed by atoms with E-state index in [9.17, 15) is 10.2 Å². The van der Waals surface area contributed by atoms with E-state index in [0.29, 0.717) is 12.5 Å². The van der Waals surface area contributed by atoms with Gasteiger partial charge >= 0.3 is 0 Å². The summed E-state index contributed by atoms with van der Waals surface area (Å²) in [5.41, 5.74) is 1.27. The number of hydrogen-bond acceptors (Lipinski definition) is 4. The Balaban J connectivity index is 2.27. The topological polar surface area (TPSA) is 61.7 Å². The van der Waals surface area contributed by atoms with Crippen LogP contribution in [0.2, 0.25) is 0 Å². The van der Waals surface area contributed by atoms with Crippen molar-refractivity contribution in [2.45, 2.75) is 45.8 Å². The van der Waals surface area contributed by atoms with Crippen molar-refractivity contribution in [1.29, 1.82) is 0 Å². The van der Waals surface area contributed by atoms with E-state index >= 15 is 0 Å². The monoisotopic (exact) mass is 295 g/mol. The molecule has 4 heteroatoms. The maximum Gasteiger partial charge on any atom is 0.119 e. The van der Waals surface area contributed by atoms with Gasteiger partial charge in [0.15, 0.2) is 0 Å². The van der Waals surface area contributed by atoms with Gasteiger partial charge in [0.1, 0.15) is 18.5 Å². The van der Waals surface area contributed by atoms with E-state index in [1.54, 1.807) is 0 Å². The highest BCUT2D eigenvalue weighted by Crippen LogP contribution is 2.12. The predicted octanol–water partition coefficient (Wildman–Crippen LogP) is 1.99. The third-order valence-corrected chi connectivity index (χ3v) is 3.39. The molecule has 1 rings (SSSR count). The molecule has 0 heterocycles. The van der Waals surface area contributed by atoms with Gasteiger partial charge in [-0.2, -0.15) is 0 Å². The summed E-state index contributed by atoms with van der Waals surface area (Å²) in [4.78, 5) is 0. The predicted molar refractivity (Wildman–Crippen MR) is 85.7 cm³/mol. The maximum atomic E-state index is 9.92. The summed E-state index contributed by atoms with van der Waals surface area (Å²) in [6, 6.07) is 7.95. The fraction of sp³-hybridized carbons (Fsp3) is 0.647. The minimum atomic E-state index is -0.586. The molecule has 2 unspecified atom stereocenters. The Labute approximate surface area is 128 Å². The maximum absolute atomic E-state index is 9.92. The van der Waals surface area contributed by atoms with Crippen LogP contribution < -0.4 is 10.1 Å². The SMILES string of the molecule is CCc1ccc(OCC(O)CNC(CO)CC(C)C)cc1. The van der Waals surface area contributed by atoms with E-state index in [-0.39, 0.29) is 19.3 Å². The molecule has 21 heavy (non-hydrogen) atoms. The minimum Gasteiger partial charge on any atom is -0.491 e. The van der Waals surface area contributed by atoms with Crippen LogP contribution in [-0.4, -0.2) is 42.1 Å². The van der Waals surface area contributed by atoms with Crippen molar-refractivity contribution in [3.63, 3.8) is 0 Å². The van der Waals surface area contributed by atoms with Crippen molar-refractivity contribution >= 4 is 0 Å². The number of aliphatic hydroxyl groups is 2. The molecular weight excluding hydrogens is 266 g/mol. The largest absolute Gasteiger partial charge is 0.491 e. The van der Waals surface area contributed by atoms with Crippen molar-refractivity contribution in [3.05, 3.63) is 29.8 Å². The number of benzene rings is 1. The van der Waals surface area contributed by atoms with Gasteiger partial charge in [0, 0.05) is 12.6 Å². The standard InChI is InChI=1S/C17H29NO3/c1-4-14-5-7-17(8-6-14)21-12-16(20)10-18-15(11-19)9-13(2)3/h5-8,13,15-16,18-20H,4,9-12H2,1-3H3. The van der Waals surface area contributed by atoms with Gasteiger partial charge < -0.3 is 20.3 Å². The molecular formula is C17H29NO3. The number of rotatable bonds is 10. The number of aryl methyl sites for hydroxylation is 1. The van der Waals surface area contributed by atoms with Crippen LogP contribution in [0, 0.1) is 5.92 Å². The van der Waals surface area contributed by atoms with Crippen molar-refractivity contribution in [2.24, 2.45) is 5.92 Å². The highest BCUT2D eigenvalue weighted by molar-refractivity contribution is 5.27. The Hall–Kier alpha value is -1.10. The molecule has 0 radical (unpaired) electrons. The highest BCUT2D eigenvalue weighted by Gasteiger charge is 2.12. The molecule has 0 aliphatic rings. The van der Waals surface area contributed by atoms with Gasteiger partial charge in [0.2, 0.25) is 0 Å². The van der Waals surface area contributed by atoms with Crippen molar-refractivity contribution in [1.82, 2.24) is 5.32 Å². The first-order valence-corrected chi connectivity index (χ1v) is 7.79. The Morgan fingerprint density at radius 3 is 2.38 bits per heavy atom. The second-order valence-electron chi connectivity index (χ2n) is 5.88. The molecule has 0 bridgehead atoms. The van der Waals surface area contributed by atoms with Crippen LogP contribution in [0.3, 0.4) is 0 Å². The van der Waals surface area contributed by atoms with Crippen LogP contribution in [0.5, 0.6) is 5.75 Å². The van der Waals surface area contributed by atoms with Gasteiger partial charge in [0.25, 0.3) is 0 Å². The lowest BCUT2D eigenvalue weighted by molar-refractivity contribution is 0.0981. The Morgan fingerprint density at radius 2 is 1.86 bits per heavy atom. The minimum absolute atomic E-state index is 0.0310. The number of hydrogen-bond donors (Lipinski definition) is 3. The van der Waals surface area contributed by atoms with Gasteiger partial charge in [-0.05, 0) is 36.5 Å². The fourth-order valence-electron chi connectivity index (χ4n) is 2.17. The van der Waals surface area contributed by atoms with Crippen molar-refractivity contribution in [3.8, 4) is 5.75 Å². The van der Waals surface area contributed by atoms with Crippen molar-refractivity contribution < 1.29 is 14.9 Å². The van der Waals surface area contributed by atoms with Crippen LogP contribution >= 0.6 is 0 Å². The van der Waals surface area contributed by atoms with E-state index < -0.39 is 6.10 Å². The first kappa shape index (κ1) is 18.0. The Morgan fingerprint density at radius 1 is 1.19 bits per heavy atom. The summed E-state index contributed by atoms with van der Waals surface area (Å²) < 4.78 is 5.56. The molecule has 4 nitrogen and oxygen atoms in total. The number of ether oxygens (including phenoxy) is 1. The molecule has 0 saturated heterocycles. The van der Waals surface area contributed by atoms with Gasteiger partial charge in [0.05, 0.1) is 6.61 Å². The zero-order valence-electron chi connectivity index (χ0n) is 13.4. The van der Waals surface area contributed by atoms with E-state index in [1.807, 2.05) is 24.3 Å². The normalized spacial score (nSPS) is 14.2. The van der Waals surface area contributed by atoms with Crippen molar-refractivity contribution in [2.75, 3.05) is 19.8 Å². The highest BCUT2D eigenvalue weighted by atomic mass is 16.5. The smallest absolute Gasteiger partial charge is 0.119 e. The van der Waals surface area contributed by atoms with E-state index in [2.05, 4.69) is 26.1 Å². The molecule has 0 aliphatic carbocycles. The zero-order valence-corrected chi connectivity index (χ0v) is 13.4. The summed E-state index contributed by atoms with van der Waals surface area (Å²) >= 11 is 0. The van der Waals surface area contributed by atoms with E-state index in [1.165, 1.54) is 5.56 Å². The number of aliphatic hydroxyl groups excluding tert-OH is 2. The second kappa shape index (κ2) is 9.77. The molecule has 0 spiro atoms. The first-order valence-electron chi connectivity index (χ1n) is 7.79. The molecule has 0 amide bonds. The summed E-state index contributed by atoms with van der Waals surface area (Å²) in [6.07, 6.45) is 1.31. The van der Waals surface area contributed by atoms with Gasteiger partial charge in [-0.15, -0.1) is 0 Å². The Kier molecular flexibility index (Phi) is 8.35. The van der Waals surface area contributed by atoms with Crippen LogP contribution in [-0.2, 0) is 6.42 Å². The lowest BCUT2D eigenvalue weighted by Crippen LogP contribution is -2.40. The number of nitrogens with one attached hydrogen (secondary N) is 1. The Bertz CT molecular complexity index is 378. The van der Waals surface area contributed by atoms with Crippen LogP contribution in [0.15, 0.2) is 24.3 Å². The third-order valence-electron chi connectivity index (χ3n) is 3.39. The van der Waals surface area contributed by atoms with Crippen LogP contribution in [0.1, 0.15) is 32.8 Å². The summed E-state index contributed by atoms with van der Waals surface area (Å²) in [5, 5.41) is 22.4. The molecule has 3 N–H and O–H groups in total. The van der Waals surface area contributed by atoms with E-state index in [0.717, 1.165) is 18.6 Å². The average molecular weight is 295 g/mol. The third kappa shape index (κ3) is 7.46. The first-order chi connectivity index (χ1) is 10.0. The molecule has 0 aromatic heterocycles. The molecule has 120 valence electrons. The van der Waals surface area contributed by atoms with Gasteiger partial charge in [-0.25, -0.2) is 0 Å². The molecule has 2 atom stereocenters. The average Bonchev–Trinajstić information content (AvgIpc) is 2.49. The zero-order chi connectivity index (χ0) is 15.7. The van der Waals surface area contributed by atoms with Gasteiger partial charge in [-0.1, -0.05) is 32.9 Å². The molecule has 1 aromatic carbocycles. The quantitative estimate of drug-likeness (QED) is 0.618. The molecule has 0 fully saturated rings. The lowest BCUT2D eigenvalue weighted by atomic mass is 10.0. The molecule has 0 saturated carbocycles. The van der Waals surface area contributed by atoms with Gasteiger partial charge in [-0.3, -0.25) is 0 Å². The summed E-state index contributed by atoms with van der Waals surface area (Å²) in [5.74, 6) is 1.28. The summed E-state index contributed by atoms with van der Waals surface area (Å²) in [6.45, 7) is 7.10. The van der Waals surface area contributed by atoms with Crippen LogP contribution in [0.25, 0.3) is 0 Å². The summed E-state index contributed by atoms with van der Waals surface area (Å²) in [7, 11) is 0. The fourth-order valence-corrected chi connectivity index (χ4v) is 2.17.